The summed E-state index contributed by atoms with van der Waals surface area (Å²) in [5.41, 5.74) is 1.86. The van der Waals surface area contributed by atoms with Crippen LogP contribution >= 0.6 is 11.6 Å². The molecule has 1 aromatic rings. The summed E-state index contributed by atoms with van der Waals surface area (Å²) in [5, 5.41) is 19.7. The summed E-state index contributed by atoms with van der Waals surface area (Å²) in [6.45, 7) is 0. The van der Waals surface area contributed by atoms with Gasteiger partial charge < -0.3 is 10.2 Å². The van der Waals surface area contributed by atoms with Crippen molar-refractivity contribution in [2.75, 3.05) is 0 Å². The number of hydrogen-bond donors (Lipinski definition) is 2. The summed E-state index contributed by atoms with van der Waals surface area (Å²) in [4.78, 5) is 0. The van der Waals surface area contributed by atoms with E-state index in [1.54, 1.807) is 12.1 Å². The highest BCUT2D eigenvalue weighted by Crippen LogP contribution is 2.31. The molecule has 2 N–H and O–H groups in total. The van der Waals surface area contributed by atoms with Crippen molar-refractivity contribution in [3.05, 3.63) is 34.3 Å². The molecule has 1 aromatic carbocycles. The van der Waals surface area contributed by atoms with Crippen LogP contribution in [-0.4, -0.2) is 16.3 Å². The van der Waals surface area contributed by atoms with E-state index in [1.165, 1.54) is 0 Å². The van der Waals surface area contributed by atoms with Crippen LogP contribution in [0.3, 0.4) is 0 Å². The highest BCUT2D eigenvalue weighted by atomic mass is 35.5. The first kappa shape index (κ1) is 9.00. The molecule has 0 spiro atoms. The lowest BCUT2D eigenvalue weighted by Gasteiger charge is -2.26. The van der Waals surface area contributed by atoms with Crippen LogP contribution in [0.4, 0.5) is 0 Å². The van der Waals surface area contributed by atoms with Crippen molar-refractivity contribution in [1.82, 2.24) is 0 Å². The van der Waals surface area contributed by atoms with Crippen LogP contribution < -0.4 is 0 Å². The number of halogens is 1. The molecule has 0 aromatic heterocycles. The number of aryl methyl sites for hydroxylation is 1. The zero-order chi connectivity index (χ0) is 9.42. The molecule has 0 amide bonds. The van der Waals surface area contributed by atoms with Crippen molar-refractivity contribution in [3.63, 3.8) is 0 Å². The van der Waals surface area contributed by atoms with Gasteiger partial charge in [-0.15, -0.1) is 0 Å². The topological polar surface area (TPSA) is 40.5 Å². The lowest BCUT2D eigenvalue weighted by molar-refractivity contribution is 0.00650. The Kier molecular flexibility index (Phi) is 2.28. The molecule has 0 unspecified atom stereocenters. The Labute approximate surface area is 81.8 Å². The Hall–Kier alpha value is -0.570. The zero-order valence-corrected chi connectivity index (χ0v) is 7.83. The predicted molar refractivity (Wildman–Crippen MR) is 50.7 cm³/mol. The number of rotatable bonds is 0. The van der Waals surface area contributed by atoms with Gasteiger partial charge >= 0.3 is 0 Å². The van der Waals surface area contributed by atoms with Crippen LogP contribution in [0, 0.1) is 0 Å². The third kappa shape index (κ3) is 1.57. The maximum Gasteiger partial charge on any atom is 0.105 e. The minimum Gasteiger partial charge on any atom is -0.390 e. The number of hydrogen-bond acceptors (Lipinski definition) is 2. The molecular weight excluding hydrogens is 188 g/mol. The molecule has 3 heteroatoms. The summed E-state index contributed by atoms with van der Waals surface area (Å²) in [5.74, 6) is 0. The van der Waals surface area contributed by atoms with Gasteiger partial charge in [-0.3, -0.25) is 0 Å². The fourth-order valence-corrected chi connectivity index (χ4v) is 1.94. The maximum atomic E-state index is 9.63. The van der Waals surface area contributed by atoms with Crippen LogP contribution in [0.5, 0.6) is 0 Å². The molecule has 0 radical (unpaired) electrons. The van der Waals surface area contributed by atoms with Crippen molar-refractivity contribution in [2.45, 2.75) is 25.0 Å². The normalized spacial score (nSPS) is 27.0. The second-order valence-corrected chi connectivity index (χ2v) is 3.83. The standard InChI is InChI=1S/C10H11ClO2/c11-7-2-3-8-6(5-7)1-4-9(12)10(8)13/h2-3,5,9-10,12-13H,1,4H2/t9-,10+/m0/s1. The lowest BCUT2D eigenvalue weighted by Crippen LogP contribution is -2.24. The van der Waals surface area contributed by atoms with Crippen LogP contribution in [0.1, 0.15) is 23.7 Å². The molecule has 2 atom stereocenters. The predicted octanol–water partition coefficient (Wildman–Crippen LogP) is 1.68. The van der Waals surface area contributed by atoms with Gasteiger partial charge in [0.05, 0.1) is 6.10 Å². The van der Waals surface area contributed by atoms with E-state index in [0.29, 0.717) is 11.4 Å². The molecule has 0 heterocycles. The molecule has 1 aliphatic rings. The Morgan fingerprint density at radius 2 is 2.08 bits per heavy atom. The van der Waals surface area contributed by atoms with Crippen molar-refractivity contribution < 1.29 is 10.2 Å². The Morgan fingerprint density at radius 1 is 1.31 bits per heavy atom. The average Bonchev–Trinajstić information content (AvgIpc) is 2.12. The van der Waals surface area contributed by atoms with Gasteiger partial charge in [-0.2, -0.15) is 0 Å². The fourth-order valence-electron chi connectivity index (χ4n) is 1.75. The second-order valence-electron chi connectivity index (χ2n) is 3.39. The SMILES string of the molecule is O[C@@H]1c2ccc(Cl)cc2CC[C@@H]1O. The molecule has 0 saturated heterocycles. The number of aliphatic hydroxyl groups is 2. The molecule has 1 aliphatic carbocycles. The highest BCUT2D eigenvalue weighted by Gasteiger charge is 2.25. The number of aliphatic hydroxyl groups excluding tert-OH is 2. The monoisotopic (exact) mass is 198 g/mol. The van der Waals surface area contributed by atoms with Crippen molar-refractivity contribution in [3.8, 4) is 0 Å². The van der Waals surface area contributed by atoms with E-state index >= 15 is 0 Å². The van der Waals surface area contributed by atoms with Gasteiger partial charge in [0.15, 0.2) is 0 Å². The lowest BCUT2D eigenvalue weighted by atomic mass is 9.87. The maximum absolute atomic E-state index is 9.63. The van der Waals surface area contributed by atoms with Crippen LogP contribution in [0.15, 0.2) is 18.2 Å². The van der Waals surface area contributed by atoms with E-state index in [9.17, 15) is 10.2 Å². The van der Waals surface area contributed by atoms with Crippen molar-refractivity contribution >= 4 is 11.6 Å². The quantitative estimate of drug-likeness (QED) is 0.666. The van der Waals surface area contributed by atoms with E-state index in [2.05, 4.69) is 0 Å². The summed E-state index contributed by atoms with van der Waals surface area (Å²) in [6.07, 6.45) is 0.0116. The van der Waals surface area contributed by atoms with Crippen molar-refractivity contribution in [2.24, 2.45) is 0 Å². The molecule has 0 bridgehead atoms. The van der Waals surface area contributed by atoms with Crippen molar-refractivity contribution in [1.29, 1.82) is 0 Å². The summed E-state index contributed by atoms with van der Waals surface area (Å²) in [6, 6.07) is 5.37. The van der Waals surface area contributed by atoms with Crippen LogP contribution in [0.2, 0.25) is 5.02 Å². The summed E-state index contributed by atoms with van der Waals surface area (Å²) >= 11 is 5.82. The molecule has 2 nitrogen and oxygen atoms in total. The van der Waals surface area contributed by atoms with Gasteiger partial charge in [-0.25, -0.2) is 0 Å². The van der Waals surface area contributed by atoms with E-state index in [4.69, 9.17) is 11.6 Å². The first-order chi connectivity index (χ1) is 6.18. The van der Waals surface area contributed by atoms with Gasteiger partial charge in [-0.1, -0.05) is 17.7 Å². The molecule has 2 rings (SSSR count). The first-order valence-electron chi connectivity index (χ1n) is 4.33. The third-order valence-electron chi connectivity index (χ3n) is 2.50. The largest absolute Gasteiger partial charge is 0.390 e. The van der Waals surface area contributed by atoms with E-state index < -0.39 is 12.2 Å². The van der Waals surface area contributed by atoms with Gasteiger partial charge in [0.1, 0.15) is 6.10 Å². The third-order valence-corrected chi connectivity index (χ3v) is 2.73. The molecule has 0 fully saturated rings. The Morgan fingerprint density at radius 3 is 2.85 bits per heavy atom. The minimum absolute atomic E-state index is 0.606. The first-order valence-corrected chi connectivity index (χ1v) is 4.71. The summed E-state index contributed by atoms with van der Waals surface area (Å²) < 4.78 is 0. The second kappa shape index (κ2) is 3.29. The minimum atomic E-state index is -0.749. The van der Waals surface area contributed by atoms with E-state index in [-0.39, 0.29) is 0 Å². The molecule has 70 valence electrons. The fraction of sp³-hybridized carbons (Fsp3) is 0.400. The molecule has 0 aliphatic heterocycles. The number of benzene rings is 1. The Balaban J connectivity index is 2.44. The molecular formula is C10H11ClO2. The smallest absolute Gasteiger partial charge is 0.105 e. The molecule has 13 heavy (non-hydrogen) atoms. The van der Waals surface area contributed by atoms with Gasteiger partial charge in [0.2, 0.25) is 0 Å². The van der Waals surface area contributed by atoms with E-state index in [0.717, 1.165) is 17.5 Å². The van der Waals surface area contributed by atoms with Gasteiger partial charge in [0, 0.05) is 5.02 Å². The zero-order valence-electron chi connectivity index (χ0n) is 7.07. The average molecular weight is 199 g/mol. The Bertz CT molecular complexity index is 325. The van der Waals surface area contributed by atoms with Gasteiger partial charge in [0.25, 0.3) is 0 Å². The molecule has 0 saturated carbocycles. The van der Waals surface area contributed by atoms with Crippen LogP contribution in [-0.2, 0) is 6.42 Å². The highest BCUT2D eigenvalue weighted by molar-refractivity contribution is 6.30. The van der Waals surface area contributed by atoms with E-state index in [1.807, 2.05) is 6.07 Å². The van der Waals surface area contributed by atoms with Crippen LogP contribution in [0.25, 0.3) is 0 Å². The number of fused-ring (bicyclic) bond motifs is 1. The van der Waals surface area contributed by atoms with Gasteiger partial charge in [-0.05, 0) is 36.1 Å². The summed E-state index contributed by atoms with van der Waals surface area (Å²) in [7, 11) is 0.